The highest BCUT2D eigenvalue weighted by molar-refractivity contribution is 6.91. The zero-order chi connectivity index (χ0) is 29.6. The number of carbonyl (C=O) groups is 2. The van der Waals surface area contributed by atoms with Crippen molar-refractivity contribution in [3.05, 3.63) is 83.9 Å². The molecule has 2 fully saturated rings. The van der Waals surface area contributed by atoms with Crippen molar-refractivity contribution in [2.75, 3.05) is 36.7 Å². The van der Waals surface area contributed by atoms with Gasteiger partial charge in [0, 0.05) is 23.8 Å². The van der Waals surface area contributed by atoms with Gasteiger partial charge < -0.3 is 24.2 Å². The first-order valence-electron chi connectivity index (χ1n) is 14.6. The van der Waals surface area contributed by atoms with Crippen molar-refractivity contribution in [2.24, 2.45) is 5.92 Å². The number of ether oxygens (including phenoxy) is 3. The summed E-state index contributed by atoms with van der Waals surface area (Å²) in [5, 5.41) is 11.4. The number of amides is 2. The first-order valence-corrected chi connectivity index (χ1v) is 17.7. The van der Waals surface area contributed by atoms with Crippen LogP contribution >= 0.6 is 0 Å². The number of hydrogen-bond acceptors (Lipinski definition) is 6. The molecule has 4 atom stereocenters. The van der Waals surface area contributed by atoms with E-state index in [4.69, 9.17) is 14.2 Å². The normalized spacial score (nSPS) is 25.3. The molecule has 3 aliphatic rings. The van der Waals surface area contributed by atoms with Crippen LogP contribution in [0.4, 0.5) is 16.2 Å². The van der Waals surface area contributed by atoms with Crippen LogP contribution in [0.25, 0.3) is 0 Å². The van der Waals surface area contributed by atoms with Crippen molar-refractivity contribution >= 4 is 36.6 Å². The number of aliphatic hydroxyl groups excluding tert-OH is 1. The molecule has 0 radical (unpaired) electrons. The van der Waals surface area contributed by atoms with Gasteiger partial charge in [-0.05, 0) is 47.9 Å². The van der Waals surface area contributed by atoms with Crippen LogP contribution in [0.2, 0.25) is 18.6 Å². The number of anilines is 2. The SMILES string of the molecule is COc1ccc([Si](C)(C)[C@@H]2[C@@H](CCO)O[C@]3(C(=O)N(Cc4ccccc4)c4ccc(N5CCOC5=O)cc43)[C@H]2C)cc1. The van der Waals surface area contributed by atoms with Crippen molar-refractivity contribution in [3.8, 4) is 5.75 Å². The van der Waals surface area contributed by atoms with E-state index in [1.54, 1.807) is 12.0 Å². The van der Waals surface area contributed by atoms with Gasteiger partial charge in [-0.2, -0.15) is 0 Å². The third-order valence-corrected chi connectivity index (χ3v) is 13.8. The second-order valence-corrected chi connectivity index (χ2v) is 16.7. The number of carbonyl (C=O) groups excluding carboxylic acids is 2. The van der Waals surface area contributed by atoms with Crippen molar-refractivity contribution in [2.45, 2.75) is 50.2 Å². The van der Waals surface area contributed by atoms with Gasteiger partial charge in [0.2, 0.25) is 0 Å². The van der Waals surface area contributed by atoms with Crippen LogP contribution in [0.15, 0.2) is 72.8 Å². The number of methoxy groups -OCH3 is 1. The standard InChI is InChI=1S/C33H38N2O6Si/c1-22-30(42(3,4)26-13-11-25(39-2)12-14-26)29(16-18-36)41-33(22)27-20-24(34-17-19-40-32(34)38)10-15-28(27)35(31(33)37)21-23-8-6-5-7-9-23/h5-15,20,22,29-30,36H,16-19,21H2,1-4H3/t22-,29+,30-,33+/m0/s1. The largest absolute Gasteiger partial charge is 0.497 e. The minimum atomic E-state index is -2.28. The minimum Gasteiger partial charge on any atom is -0.497 e. The van der Waals surface area contributed by atoms with Gasteiger partial charge in [-0.3, -0.25) is 9.69 Å². The summed E-state index contributed by atoms with van der Waals surface area (Å²) in [7, 11) is -0.624. The maximum Gasteiger partial charge on any atom is 0.414 e. The highest BCUT2D eigenvalue weighted by Crippen LogP contribution is 2.60. The second-order valence-electron chi connectivity index (χ2n) is 12.0. The van der Waals surface area contributed by atoms with Gasteiger partial charge >= 0.3 is 6.09 Å². The fourth-order valence-electron chi connectivity index (χ4n) is 7.42. The lowest BCUT2D eigenvalue weighted by molar-refractivity contribution is -0.146. The molecule has 1 spiro atoms. The number of aliphatic hydroxyl groups is 1. The summed E-state index contributed by atoms with van der Waals surface area (Å²) in [6.45, 7) is 7.93. The number of hydrogen-bond donors (Lipinski definition) is 1. The van der Waals surface area contributed by atoms with Gasteiger partial charge in [-0.15, -0.1) is 0 Å². The smallest absolute Gasteiger partial charge is 0.414 e. The Hall–Kier alpha value is -3.66. The Morgan fingerprint density at radius 1 is 1.05 bits per heavy atom. The Labute approximate surface area is 247 Å². The monoisotopic (exact) mass is 586 g/mol. The zero-order valence-corrected chi connectivity index (χ0v) is 25.6. The van der Waals surface area contributed by atoms with E-state index in [0.717, 1.165) is 22.6 Å². The topological polar surface area (TPSA) is 88.5 Å². The fourth-order valence-corrected chi connectivity index (χ4v) is 11.5. The molecule has 0 aliphatic carbocycles. The van der Waals surface area contributed by atoms with Crippen LogP contribution in [0, 0.1) is 5.92 Å². The summed E-state index contributed by atoms with van der Waals surface area (Å²) >= 11 is 0. The molecule has 8 nitrogen and oxygen atoms in total. The molecule has 2 saturated heterocycles. The van der Waals surface area contributed by atoms with Gasteiger partial charge in [-0.1, -0.05) is 67.7 Å². The number of cyclic esters (lactones) is 1. The van der Waals surface area contributed by atoms with Crippen LogP contribution in [0.3, 0.4) is 0 Å². The molecule has 3 aromatic carbocycles. The molecule has 3 heterocycles. The predicted octanol–water partition coefficient (Wildman–Crippen LogP) is 4.80. The van der Waals surface area contributed by atoms with E-state index in [-0.39, 0.29) is 36.2 Å². The van der Waals surface area contributed by atoms with E-state index >= 15 is 0 Å². The lowest BCUT2D eigenvalue weighted by atomic mass is 9.82. The molecule has 1 N–H and O–H groups in total. The Balaban J connectivity index is 1.48. The van der Waals surface area contributed by atoms with Crippen LogP contribution < -0.4 is 19.7 Å². The molecule has 6 rings (SSSR count). The Bertz CT molecular complexity index is 1480. The Kier molecular flexibility index (Phi) is 7.37. The Morgan fingerprint density at radius 3 is 2.43 bits per heavy atom. The van der Waals surface area contributed by atoms with E-state index in [9.17, 15) is 14.7 Å². The lowest BCUT2D eigenvalue weighted by Crippen LogP contribution is -2.51. The number of fused-ring (bicyclic) bond motifs is 2. The van der Waals surface area contributed by atoms with E-state index in [2.05, 4.69) is 32.2 Å². The maximum absolute atomic E-state index is 14.8. The summed E-state index contributed by atoms with van der Waals surface area (Å²) in [5.41, 5.74) is 2.06. The molecule has 3 aliphatic heterocycles. The lowest BCUT2D eigenvalue weighted by Gasteiger charge is -2.37. The van der Waals surface area contributed by atoms with Gasteiger partial charge in [0.05, 0.1) is 40.1 Å². The van der Waals surface area contributed by atoms with Crippen LogP contribution in [0.5, 0.6) is 5.75 Å². The molecule has 2 amide bonds. The van der Waals surface area contributed by atoms with Crippen molar-refractivity contribution in [3.63, 3.8) is 0 Å². The van der Waals surface area contributed by atoms with Gasteiger partial charge in [0.25, 0.3) is 5.91 Å². The van der Waals surface area contributed by atoms with E-state index in [1.165, 1.54) is 5.19 Å². The average molecular weight is 587 g/mol. The summed E-state index contributed by atoms with van der Waals surface area (Å²) in [6, 6.07) is 23.9. The summed E-state index contributed by atoms with van der Waals surface area (Å²) in [4.78, 5) is 30.7. The van der Waals surface area contributed by atoms with E-state index < -0.39 is 13.7 Å². The van der Waals surface area contributed by atoms with Crippen molar-refractivity contribution in [1.82, 2.24) is 0 Å². The van der Waals surface area contributed by atoms with E-state index in [0.29, 0.717) is 31.8 Å². The quantitative estimate of drug-likeness (QED) is 0.382. The summed E-state index contributed by atoms with van der Waals surface area (Å²) in [5.74, 6) is 0.512. The molecule has 0 unspecified atom stereocenters. The second kappa shape index (κ2) is 10.9. The van der Waals surface area contributed by atoms with Crippen molar-refractivity contribution in [1.29, 1.82) is 0 Å². The number of rotatable bonds is 8. The third-order valence-electron chi connectivity index (χ3n) is 9.49. The summed E-state index contributed by atoms with van der Waals surface area (Å²) in [6.07, 6.45) is -0.274. The molecule has 9 heteroatoms. The predicted molar refractivity (Wildman–Crippen MR) is 164 cm³/mol. The first kappa shape index (κ1) is 28.5. The third kappa shape index (κ3) is 4.42. The van der Waals surface area contributed by atoms with Gasteiger partial charge in [0.1, 0.15) is 12.4 Å². The molecular formula is C33H38N2O6Si. The zero-order valence-electron chi connectivity index (χ0n) is 24.6. The number of benzene rings is 3. The highest BCUT2D eigenvalue weighted by atomic mass is 28.3. The molecular weight excluding hydrogens is 548 g/mol. The van der Waals surface area contributed by atoms with Crippen molar-refractivity contribution < 1.29 is 28.9 Å². The highest BCUT2D eigenvalue weighted by Gasteiger charge is 2.66. The number of nitrogens with zero attached hydrogens (tertiary/aromatic N) is 2. The summed E-state index contributed by atoms with van der Waals surface area (Å²) < 4.78 is 17.6. The van der Waals surface area contributed by atoms with Gasteiger partial charge in [-0.25, -0.2) is 4.79 Å². The molecule has 3 aromatic rings. The first-order chi connectivity index (χ1) is 20.2. The van der Waals surface area contributed by atoms with Crippen LogP contribution in [0.1, 0.15) is 24.5 Å². The fraction of sp³-hybridized carbons (Fsp3) is 0.394. The van der Waals surface area contributed by atoms with E-state index in [1.807, 2.05) is 65.6 Å². The molecule has 42 heavy (non-hydrogen) atoms. The van der Waals surface area contributed by atoms with Crippen LogP contribution in [-0.4, -0.2) is 58.2 Å². The average Bonchev–Trinajstić information content (AvgIpc) is 3.63. The Morgan fingerprint density at radius 2 is 1.79 bits per heavy atom. The minimum absolute atomic E-state index is 0.0342. The van der Waals surface area contributed by atoms with Crippen LogP contribution in [-0.2, 0) is 26.4 Å². The molecule has 0 bridgehead atoms. The maximum atomic E-state index is 14.8. The molecule has 0 saturated carbocycles. The van der Waals surface area contributed by atoms with Gasteiger partial charge in [0.15, 0.2) is 5.60 Å². The molecule has 0 aromatic heterocycles. The molecule has 220 valence electrons.